The molecule has 0 atom stereocenters. The quantitative estimate of drug-likeness (QED) is 0.621. The van der Waals surface area contributed by atoms with E-state index in [4.69, 9.17) is 4.52 Å². The highest BCUT2D eigenvalue weighted by atomic mass is 32.1. The van der Waals surface area contributed by atoms with Crippen molar-refractivity contribution in [2.24, 2.45) is 0 Å². The molecule has 3 rings (SSSR count). The van der Waals surface area contributed by atoms with E-state index < -0.39 is 5.91 Å². The Bertz CT molecular complexity index is 941. The SMILES string of the molecule is CC(C)(C)c1ccc(-c2noc(C(=O)NCCNC(=O)c3cccs3)n2)cc1. The lowest BCUT2D eigenvalue weighted by Crippen LogP contribution is -2.34. The number of rotatable bonds is 6. The molecule has 0 saturated heterocycles. The zero-order valence-electron chi connectivity index (χ0n) is 16.0. The second-order valence-electron chi connectivity index (χ2n) is 7.24. The molecule has 0 aliphatic carbocycles. The Hall–Kier alpha value is -3.00. The highest BCUT2D eigenvalue weighted by Gasteiger charge is 2.17. The molecular formula is C20H22N4O3S. The molecule has 0 spiro atoms. The van der Waals surface area contributed by atoms with Crippen LogP contribution in [0.5, 0.6) is 0 Å². The van der Waals surface area contributed by atoms with Crippen molar-refractivity contribution in [2.45, 2.75) is 26.2 Å². The standard InChI is InChI=1S/C20H22N4O3S/c1-20(2,3)14-8-6-13(7-9-14)16-23-19(27-24-16)18(26)22-11-10-21-17(25)15-5-4-12-28-15/h4-9,12H,10-11H2,1-3H3,(H,21,25)(H,22,26). The van der Waals surface area contributed by atoms with Gasteiger partial charge >= 0.3 is 11.8 Å². The highest BCUT2D eigenvalue weighted by Crippen LogP contribution is 2.24. The summed E-state index contributed by atoms with van der Waals surface area (Å²) in [4.78, 5) is 28.7. The number of carbonyl (C=O) groups is 2. The number of thiophene rings is 1. The van der Waals surface area contributed by atoms with Crippen LogP contribution in [0.25, 0.3) is 11.4 Å². The number of benzene rings is 1. The van der Waals surface area contributed by atoms with Gasteiger partial charge in [0, 0.05) is 18.7 Å². The van der Waals surface area contributed by atoms with Crippen molar-refractivity contribution in [2.75, 3.05) is 13.1 Å². The lowest BCUT2D eigenvalue weighted by molar-refractivity contribution is 0.0899. The van der Waals surface area contributed by atoms with Gasteiger partial charge in [0.1, 0.15) is 0 Å². The van der Waals surface area contributed by atoms with Crippen molar-refractivity contribution in [3.8, 4) is 11.4 Å². The van der Waals surface area contributed by atoms with Gasteiger partial charge in [-0.25, -0.2) is 0 Å². The zero-order valence-corrected chi connectivity index (χ0v) is 16.8. The fourth-order valence-electron chi connectivity index (χ4n) is 2.47. The highest BCUT2D eigenvalue weighted by molar-refractivity contribution is 7.12. The molecule has 3 aromatic rings. The van der Waals surface area contributed by atoms with Gasteiger partial charge in [-0.1, -0.05) is 56.3 Å². The van der Waals surface area contributed by atoms with Gasteiger partial charge in [0.15, 0.2) is 0 Å². The lowest BCUT2D eigenvalue weighted by atomic mass is 9.87. The van der Waals surface area contributed by atoms with Crippen molar-refractivity contribution in [1.82, 2.24) is 20.8 Å². The molecule has 28 heavy (non-hydrogen) atoms. The van der Waals surface area contributed by atoms with Crippen LogP contribution in [0.3, 0.4) is 0 Å². The lowest BCUT2D eigenvalue weighted by Gasteiger charge is -2.18. The van der Waals surface area contributed by atoms with Crippen LogP contribution in [0.4, 0.5) is 0 Å². The Balaban J connectivity index is 1.52. The Morgan fingerprint density at radius 3 is 2.32 bits per heavy atom. The van der Waals surface area contributed by atoms with E-state index in [-0.39, 0.29) is 23.8 Å². The number of aromatic nitrogens is 2. The van der Waals surface area contributed by atoms with E-state index in [0.717, 1.165) is 5.56 Å². The van der Waals surface area contributed by atoms with Gasteiger partial charge in [0.2, 0.25) is 5.82 Å². The van der Waals surface area contributed by atoms with Gasteiger partial charge in [-0.2, -0.15) is 4.98 Å². The summed E-state index contributed by atoms with van der Waals surface area (Å²) < 4.78 is 5.06. The summed E-state index contributed by atoms with van der Waals surface area (Å²) in [5.74, 6) is -0.394. The van der Waals surface area contributed by atoms with E-state index in [0.29, 0.717) is 17.2 Å². The summed E-state index contributed by atoms with van der Waals surface area (Å²) in [5, 5.41) is 11.1. The Morgan fingerprint density at radius 1 is 1.04 bits per heavy atom. The third-order valence-electron chi connectivity index (χ3n) is 4.07. The first-order chi connectivity index (χ1) is 13.3. The van der Waals surface area contributed by atoms with Gasteiger partial charge in [-0.3, -0.25) is 9.59 Å². The normalized spacial score (nSPS) is 11.2. The number of carbonyl (C=O) groups excluding carboxylic acids is 2. The Kier molecular flexibility index (Phi) is 5.89. The largest absolute Gasteiger partial charge is 0.350 e. The van der Waals surface area contributed by atoms with Crippen molar-refractivity contribution in [1.29, 1.82) is 0 Å². The maximum atomic E-state index is 12.1. The molecule has 2 aromatic heterocycles. The van der Waals surface area contributed by atoms with Crippen LogP contribution in [0, 0.1) is 0 Å². The van der Waals surface area contributed by atoms with Crippen molar-refractivity contribution < 1.29 is 14.1 Å². The minimum absolute atomic E-state index is 0.0553. The smallest absolute Gasteiger partial charge is 0.316 e. The summed E-state index contributed by atoms with van der Waals surface area (Å²) in [5.41, 5.74) is 2.03. The van der Waals surface area contributed by atoms with Crippen LogP contribution >= 0.6 is 11.3 Å². The van der Waals surface area contributed by atoms with Crippen molar-refractivity contribution >= 4 is 23.2 Å². The fraction of sp³-hybridized carbons (Fsp3) is 0.300. The van der Waals surface area contributed by atoms with E-state index in [1.807, 2.05) is 35.7 Å². The summed E-state index contributed by atoms with van der Waals surface area (Å²) in [7, 11) is 0. The molecule has 2 amide bonds. The molecule has 0 radical (unpaired) electrons. The molecule has 1 aromatic carbocycles. The molecule has 8 heteroatoms. The maximum absolute atomic E-state index is 12.1. The molecule has 146 valence electrons. The fourth-order valence-corrected chi connectivity index (χ4v) is 3.11. The van der Waals surface area contributed by atoms with Gasteiger partial charge in [-0.15, -0.1) is 11.3 Å². The molecular weight excluding hydrogens is 376 g/mol. The maximum Gasteiger partial charge on any atom is 0.316 e. The van der Waals surface area contributed by atoms with Crippen molar-refractivity contribution in [3.05, 3.63) is 58.1 Å². The van der Waals surface area contributed by atoms with Crippen LogP contribution in [-0.2, 0) is 5.41 Å². The van der Waals surface area contributed by atoms with Gasteiger partial charge in [0.25, 0.3) is 5.91 Å². The first-order valence-corrected chi connectivity index (χ1v) is 9.77. The third-order valence-corrected chi connectivity index (χ3v) is 4.94. The molecule has 7 nitrogen and oxygen atoms in total. The predicted molar refractivity (Wildman–Crippen MR) is 107 cm³/mol. The summed E-state index contributed by atoms with van der Waals surface area (Å²) in [6, 6.07) is 11.4. The number of hydrogen-bond acceptors (Lipinski definition) is 6. The first-order valence-electron chi connectivity index (χ1n) is 8.89. The molecule has 0 unspecified atom stereocenters. The second kappa shape index (κ2) is 8.35. The molecule has 0 bridgehead atoms. The monoisotopic (exact) mass is 398 g/mol. The summed E-state index contributed by atoms with van der Waals surface area (Å²) >= 11 is 1.36. The minimum atomic E-state index is -0.476. The zero-order chi connectivity index (χ0) is 20.1. The van der Waals surface area contributed by atoms with E-state index in [1.165, 1.54) is 16.9 Å². The molecule has 0 aliphatic rings. The minimum Gasteiger partial charge on any atom is -0.350 e. The predicted octanol–water partition coefficient (Wildman–Crippen LogP) is 3.26. The van der Waals surface area contributed by atoms with Crippen molar-refractivity contribution in [3.63, 3.8) is 0 Å². The molecule has 0 fully saturated rings. The summed E-state index contributed by atoms with van der Waals surface area (Å²) in [6.07, 6.45) is 0. The van der Waals surface area contributed by atoms with Crippen LogP contribution in [0.1, 0.15) is 46.7 Å². The first kappa shape index (κ1) is 19.8. The van der Waals surface area contributed by atoms with Crippen LogP contribution in [0.15, 0.2) is 46.3 Å². The molecule has 2 N–H and O–H groups in total. The molecule has 2 heterocycles. The average molecular weight is 398 g/mol. The van der Waals surface area contributed by atoms with E-state index >= 15 is 0 Å². The number of nitrogens with one attached hydrogen (secondary N) is 2. The Labute approximate surface area is 167 Å². The van der Waals surface area contributed by atoms with Gasteiger partial charge in [-0.05, 0) is 22.4 Å². The third kappa shape index (κ3) is 4.83. The number of hydrogen-bond donors (Lipinski definition) is 2. The summed E-state index contributed by atoms with van der Waals surface area (Å²) in [6.45, 7) is 6.98. The number of nitrogens with zero attached hydrogens (tertiary/aromatic N) is 2. The average Bonchev–Trinajstić information content (AvgIpc) is 3.36. The Morgan fingerprint density at radius 2 is 1.71 bits per heavy atom. The van der Waals surface area contributed by atoms with Gasteiger partial charge < -0.3 is 15.2 Å². The number of amides is 2. The van der Waals surface area contributed by atoms with E-state index in [9.17, 15) is 9.59 Å². The van der Waals surface area contributed by atoms with E-state index in [1.54, 1.807) is 6.07 Å². The van der Waals surface area contributed by atoms with Crippen LogP contribution in [-0.4, -0.2) is 35.0 Å². The molecule has 0 aliphatic heterocycles. The van der Waals surface area contributed by atoms with Crippen LogP contribution in [0.2, 0.25) is 0 Å². The van der Waals surface area contributed by atoms with Crippen LogP contribution < -0.4 is 10.6 Å². The van der Waals surface area contributed by atoms with Gasteiger partial charge in [0.05, 0.1) is 4.88 Å². The molecule has 0 saturated carbocycles. The van der Waals surface area contributed by atoms with E-state index in [2.05, 4.69) is 41.5 Å². The second-order valence-corrected chi connectivity index (χ2v) is 8.19. The topological polar surface area (TPSA) is 97.1 Å².